The first-order valence-corrected chi connectivity index (χ1v) is 10.3. The quantitative estimate of drug-likeness (QED) is 0.658. The molecule has 0 aliphatic heterocycles. The van der Waals surface area contributed by atoms with Gasteiger partial charge in [-0.25, -0.2) is 4.39 Å². The molecule has 3 aromatic rings. The van der Waals surface area contributed by atoms with Gasteiger partial charge in [0, 0.05) is 18.2 Å². The molecule has 1 aliphatic carbocycles. The summed E-state index contributed by atoms with van der Waals surface area (Å²) >= 11 is 0. The summed E-state index contributed by atoms with van der Waals surface area (Å²) in [5, 5.41) is 6.87. The highest BCUT2D eigenvalue weighted by molar-refractivity contribution is 5.93. The molecule has 1 aromatic heterocycles. The predicted octanol–water partition coefficient (Wildman–Crippen LogP) is 4.39. The van der Waals surface area contributed by atoms with Gasteiger partial charge < -0.3 is 14.7 Å². The fourth-order valence-corrected chi connectivity index (χ4v) is 3.97. The van der Waals surface area contributed by atoms with Crippen LogP contribution in [-0.4, -0.2) is 36.6 Å². The average molecular weight is 407 g/mol. The fourth-order valence-electron chi connectivity index (χ4n) is 3.97. The molecule has 1 heterocycles. The van der Waals surface area contributed by atoms with E-state index in [2.05, 4.69) is 22.6 Å². The van der Waals surface area contributed by atoms with Gasteiger partial charge >= 0.3 is 0 Å². The Bertz CT molecular complexity index is 1030. The number of fused-ring (bicyclic) bond motifs is 1. The largest absolute Gasteiger partial charge is 0.355 e. The van der Waals surface area contributed by atoms with Crippen molar-refractivity contribution in [1.29, 1.82) is 0 Å². The van der Waals surface area contributed by atoms with E-state index in [-0.39, 0.29) is 23.5 Å². The van der Waals surface area contributed by atoms with Gasteiger partial charge in [0.2, 0.25) is 0 Å². The molecule has 6 heteroatoms. The lowest BCUT2D eigenvalue weighted by Crippen LogP contribution is -2.34. The van der Waals surface area contributed by atoms with Gasteiger partial charge in [-0.15, -0.1) is 0 Å². The number of aryl methyl sites for hydroxylation is 2. The van der Waals surface area contributed by atoms with E-state index in [4.69, 9.17) is 4.52 Å². The Hall–Kier alpha value is -2.99. The van der Waals surface area contributed by atoms with Gasteiger partial charge in [-0.05, 0) is 74.7 Å². The molecule has 0 unspecified atom stereocenters. The molecule has 1 atom stereocenters. The number of carbonyl (C=O) groups is 1. The Labute approximate surface area is 175 Å². The molecule has 1 amide bonds. The molecule has 0 spiro atoms. The van der Waals surface area contributed by atoms with Crippen molar-refractivity contribution in [3.63, 3.8) is 0 Å². The van der Waals surface area contributed by atoms with Crippen molar-refractivity contribution in [2.45, 2.75) is 31.7 Å². The van der Waals surface area contributed by atoms with E-state index in [0.29, 0.717) is 12.3 Å². The first kappa shape index (κ1) is 20.3. The number of amides is 1. The summed E-state index contributed by atoms with van der Waals surface area (Å²) in [5.74, 6) is 0.0192. The van der Waals surface area contributed by atoms with Crippen LogP contribution in [0.15, 0.2) is 53.1 Å². The van der Waals surface area contributed by atoms with Gasteiger partial charge in [-0.1, -0.05) is 29.4 Å². The molecule has 30 heavy (non-hydrogen) atoms. The molecule has 2 aromatic carbocycles. The second-order valence-electron chi connectivity index (χ2n) is 8.01. The van der Waals surface area contributed by atoms with E-state index in [1.54, 1.807) is 18.2 Å². The molecule has 1 aliphatic rings. The molecule has 0 bridgehead atoms. The third-order valence-corrected chi connectivity index (χ3v) is 5.71. The van der Waals surface area contributed by atoms with E-state index in [1.165, 1.54) is 36.1 Å². The minimum Gasteiger partial charge on any atom is -0.355 e. The molecule has 0 saturated carbocycles. The standard InChI is InChI=1S/C24H26FN3O2/c1-28(2)22(17-9-11-20(25)12-10-17)15-26-24(29)21-14-23(30-27-21)19-8-7-16-5-3-4-6-18(16)13-19/h7-14,22H,3-6,15H2,1-2H3,(H,26,29)/t22-/m0/s1. The van der Waals surface area contributed by atoms with Crippen molar-refractivity contribution in [3.05, 3.63) is 76.7 Å². The van der Waals surface area contributed by atoms with Gasteiger partial charge in [0.25, 0.3) is 5.91 Å². The number of aromatic nitrogens is 1. The fraction of sp³-hybridized carbons (Fsp3) is 0.333. The highest BCUT2D eigenvalue weighted by atomic mass is 19.1. The first-order valence-electron chi connectivity index (χ1n) is 10.3. The maximum Gasteiger partial charge on any atom is 0.273 e. The number of nitrogens with one attached hydrogen (secondary N) is 1. The number of nitrogens with zero attached hydrogens (tertiary/aromatic N) is 2. The Morgan fingerprint density at radius 2 is 1.83 bits per heavy atom. The van der Waals surface area contributed by atoms with Crippen LogP contribution in [0.3, 0.4) is 0 Å². The van der Waals surface area contributed by atoms with Gasteiger partial charge in [0.1, 0.15) is 5.82 Å². The highest BCUT2D eigenvalue weighted by Crippen LogP contribution is 2.28. The molecule has 4 rings (SSSR count). The average Bonchev–Trinajstić information content (AvgIpc) is 3.25. The molecule has 0 saturated heterocycles. The first-order chi connectivity index (χ1) is 14.5. The lowest BCUT2D eigenvalue weighted by molar-refractivity contribution is 0.0933. The van der Waals surface area contributed by atoms with Crippen LogP contribution in [-0.2, 0) is 12.8 Å². The minimum absolute atomic E-state index is 0.0819. The molecular formula is C24H26FN3O2. The van der Waals surface area contributed by atoms with Crippen molar-refractivity contribution in [3.8, 4) is 11.3 Å². The van der Waals surface area contributed by atoms with Gasteiger partial charge in [-0.2, -0.15) is 0 Å². The summed E-state index contributed by atoms with van der Waals surface area (Å²) in [6, 6.07) is 14.2. The van der Waals surface area contributed by atoms with E-state index >= 15 is 0 Å². The minimum atomic E-state index is -0.295. The summed E-state index contributed by atoms with van der Waals surface area (Å²) in [6.45, 7) is 0.374. The second-order valence-corrected chi connectivity index (χ2v) is 8.01. The van der Waals surface area contributed by atoms with Crippen LogP contribution in [0.2, 0.25) is 0 Å². The van der Waals surface area contributed by atoms with Crippen molar-refractivity contribution < 1.29 is 13.7 Å². The topological polar surface area (TPSA) is 58.4 Å². The molecule has 1 N–H and O–H groups in total. The summed E-state index contributed by atoms with van der Waals surface area (Å²) < 4.78 is 18.7. The molecule has 0 fully saturated rings. The van der Waals surface area contributed by atoms with Crippen LogP contribution in [0.4, 0.5) is 4.39 Å². The molecule has 5 nitrogen and oxygen atoms in total. The Morgan fingerprint density at radius 3 is 2.57 bits per heavy atom. The second kappa shape index (κ2) is 8.79. The number of halogens is 1. The number of hydrogen-bond acceptors (Lipinski definition) is 4. The zero-order chi connectivity index (χ0) is 21.1. The SMILES string of the molecule is CN(C)[C@@H](CNC(=O)c1cc(-c2ccc3c(c2)CCCC3)on1)c1ccc(F)cc1. The van der Waals surface area contributed by atoms with Crippen LogP contribution >= 0.6 is 0 Å². The van der Waals surface area contributed by atoms with Crippen molar-refractivity contribution in [2.75, 3.05) is 20.6 Å². The lowest BCUT2D eigenvalue weighted by Gasteiger charge is -2.25. The Balaban J connectivity index is 1.44. The maximum atomic E-state index is 13.2. The number of benzene rings is 2. The normalized spacial score (nSPS) is 14.4. The number of rotatable bonds is 6. The summed E-state index contributed by atoms with van der Waals surface area (Å²) in [6.07, 6.45) is 4.66. The van der Waals surface area contributed by atoms with E-state index in [1.807, 2.05) is 25.1 Å². The van der Waals surface area contributed by atoms with Gasteiger partial charge in [0.05, 0.1) is 6.04 Å². The monoisotopic (exact) mass is 407 g/mol. The van der Waals surface area contributed by atoms with Crippen LogP contribution < -0.4 is 5.32 Å². The van der Waals surface area contributed by atoms with Gasteiger partial charge in [0.15, 0.2) is 11.5 Å². The van der Waals surface area contributed by atoms with Crippen LogP contribution in [0, 0.1) is 5.82 Å². The van der Waals surface area contributed by atoms with Crippen molar-refractivity contribution >= 4 is 5.91 Å². The third-order valence-electron chi connectivity index (χ3n) is 5.71. The zero-order valence-corrected chi connectivity index (χ0v) is 17.3. The zero-order valence-electron chi connectivity index (χ0n) is 17.3. The van der Waals surface area contributed by atoms with Crippen LogP contribution in [0.1, 0.15) is 46.1 Å². The lowest BCUT2D eigenvalue weighted by atomic mass is 9.90. The summed E-state index contributed by atoms with van der Waals surface area (Å²) in [7, 11) is 3.84. The molecular weight excluding hydrogens is 381 g/mol. The Kier molecular flexibility index (Phi) is 5.95. The molecule has 0 radical (unpaired) electrons. The smallest absolute Gasteiger partial charge is 0.273 e. The summed E-state index contributed by atoms with van der Waals surface area (Å²) in [5.41, 5.74) is 4.88. The predicted molar refractivity (Wildman–Crippen MR) is 114 cm³/mol. The van der Waals surface area contributed by atoms with Gasteiger partial charge in [-0.3, -0.25) is 4.79 Å². The van der Waals surface area contributed by atoms with Crippen LogP contribution in [0.25, 0.3) is 11.3 Å². The molecule has 156 valence electrons. The summed E-state index contributed by atoms with van der Waals surface area (Å²) in [4.78, 5) is 14.6. The highest BCUT2D eigenvalue weighted by Gasteiger charge is 2.19. The van der Waals surface area contributed by atoms with Crippen LogP contribution in [0.5, 0.6) is 0 Å². The third kappa shape index (κ3) is 4.44. The number of carbonyl (C=O) groups excluding carboxylic acids is 1. The Morgan fingerprint density at radius 1 is 1.10 bits per heavy atom. The van der Waals surface area contributed by atoms with E-state index in [9.17, 15) is 9.18 Å². The number of likely N-dealkylation sites (N-methyl/N-ethyl adjacent to an activating group) is 1. The van der Waals surface area contributed by atoms with E-state index < -0.39 is 0 Å². The van der Waals surface area contributed by atoms with Crippen molar-refractivity contribution in [2.24, 2.45) is 0 Å². The maximum absolute atomic E-state index is 13.2. The van der Waals surface area contributed by atoms with Crippen molar-refractivity contribution in [1.82, 2.24) is 15.4 Å². The number of hydrogen-bond donors (Lipinski definition) is 1. The van der Waals surface area contributed by atoms with E-state index in [0.717, 1.165) is 24.0 Å².